The molecule has 2 N–H and O–H groups in total. The summed E-state index contributed by atoms with van der Waals surface area (Å²) in [6, 6.07) is 16.9. The van der Waals surface area contributed by atoms with Crippen molar-refractivity contribution in [1.29, 1.82) is 0 Å². The molecule has 0 spiro atoms. The molecule has 0 amide bonds. The van der Waals surface area contributed by atoms with Gasteiger partial charge >= 0.3 is 0 Å². The number of benzene rings is 2. The molecule has 4 heteroatoms. The molecule has 0 saturated heterocycles. The Morgan fingerprint density at radius 1 is 1.12 bits per heavy atom. The van der Waals surface area contributed by atoms with Gasteiger partial charge in [-0.2, -0.15) is 0 Å². The molecule has 2 aromatic carbocycles. The number of fused-ring (bicyclic) bond motifs is 1. The fourth-order valence-corrected chi connectivity index (χ4v) is 3.10. The molecule has 4 nitrogen and oxygen atoms in total. The number of nitrogens with zero attached hydrogens (tertiary/aromatic N) is 1. The highest BCUT2D eigenvalue weighted by atomic mass is 16.5. The molecule has 1 unspecified atom stereocenters. The normalized spacial score (nSPS) is 16.1. The summed E-state index contributed by atoms with van der Waals surface area (Å²) in [6.45, 7) is 1.78. The lowest BCUT2D eigenvalue weighted by molar-refractivity contribution is 0.414. The molecule has 1 atom stereocenters. The molecule has 0 aliphatic heterocycles. The van der Waals surface area contributed by atoms with E-state index in [2.05, 4.69) is 52.0 Å². The van der Waals surface area contributed by atoms with Gasteiger partial charge in [0.1, 0.15) is 5.75 Å². The number of nitrogens with one attached hydrogen (secondary N) is 2. The highest BCUT2D eigenvalue weighted by molar-refractivity contribution is 5.79. The summed E-state index contributed by atoms with van der Waals surface area (Å²) in [5, 5.41) is 6.82. The molecule has 0 saturated carbocycles. The van der Waals surface area contributed by atoms with Gasteiger partial charge in [-0.1, -0.05) is 36.4 Å². The Bertz CT molecular complexity index is 694. The minimum absolute atomic E-state index is 0.598. The van der Waals surface area contributed by atoms with Crippen LogP contribution in [0.1, 0.15) is 22.6 Å². The van der Waals surface area contributed by atoms with Crippen molar-refractivity contribution in [1.82, 2.24) is 10.6 Å². The highest BCUT2D eigenvalue weighted by Gasteiger charge is 2.25. The fraction of sp³-hybridized carbons (Fsp3) is 0.350. The zero-order chi connectivity index (χ0) is 16.8. The zero-order valence-corrected chi connectivity index (χ0v) is 14.4. The molecule has 0 aromatic heterocycles. The zero-order valence-electron chi connectivity index (χ0n) is 14.4. The number of aliphatic imine (C=N–C) groups is 1. The summed E-state index contributed by atoms with van der Waals surface area (Å²) in [6.07, 6.45) is 2.11. The van der Waals surface area contributed by atoms with E-state index in [-0.39, 0.29) is 0 Å². The van der Waals surface area contributed by atoms with Crippen LogP contribution in [0.4, 0.5) is 0 Å². The standard InChI is InChI=1S/C20H25N3O/c1-21-20(22-12-11-15-7-9-18(24-2)10-8-15)23-14-17-13-16-5-3-4-6-19(16)17/h3-10,17H,11-14H2,1-2H3,(H2,21,22,23). The van der Waals surface area contributed by atoms with Crippen molar-refractivity contribution in [3.63, 3.8) is 0 Å². The third kappa shape index (κ3) is 3.88. The van der Waals surface area contributed by atoms with Crippen LogP contribution in [0.25, 0.3) is 0 Å². The average Bonchev–Trinajstić information content (AvgIpc) is 2.61. The van der Waals surface area contributed by atoms with Crippen molar-refractivity contribution in [3.8, 4) is 5.75 Å². The van der Waals surface area contributed by atoms with E-state index in [1.165, 1.54) is 16.7 Å². The van der Waals surface area contributed by atoms with Gasteiger partial charge in [0.25, 0.3) is 0 Å². The van der Waals surface area contributed by atoms with E-state index in [9.17, 15) is 0 Å². The Morgan fingerprint density at radius 2 is 1.92 bits per heavy atom. The largest absolute Gasteiger partial charge is 0.497 e. The molecule has 126 valence electrons. The average molecular weight is 323 g/mol. The van der Waals surface area contributed by atoms with E-state index in [1.54, 1.807) is 7.11 Å². The Labute approximate surface area is 144 Å². The fourth-order valence-electron chi connectivity index (χ4n) is 3.10. The molecule has 0 bridgehead atoms. The monoisotopic (exact) mass is 323 g/mol. The van der Waals surface area contributed by atoms with Crippen LogP contribution in [0.15, 0.2) is 53.5 Å². The molecule has 3 rings (SSSR count). The van der Waals surface area contributed by atoms with Gasteiger partial charge < -0.3 is 15.4 Å². The van der Waals surface area contributed by atoms with E-state index in [0.29, 0.717) is 5.92 Å². The quantitative estimate of drug-likeness (QED) is 0.635. The Kier molecular flexibility index (Phi) is 5.36. The topological polar surface area (TPSA) is 45.7 Å². The molecule has 1 aliphatic carbocycles. The Balaban J connectivity index is 1.41. The maximum Gasteiger partial charge on any atom is 0.191 e. The van der Waals surface area contributed by atoms with Gasteiger partial charge in [0, 0.05) is 26.1 Å². The number of methoxy groups -OCH3 is 1. The lowest BCUT2D eigenvalue weighted by Gasteiger charge is -2.30. The predicted octanol–water partition coefficient (Wildman–Crippen LogP) is 2.74. The summed E-state index contributed by atoms with van der Waals surface area (Å²) < 4.78 is 5.18. The Hall–Kier alpha value is -2.49. The number of hydrogen-bond donors (Lipinski definition) is 2. The van der Waals surface area contributed by atoms with Gasteiger partial charge in [0.2, 0.25) is 0 Å². The summed E-state index contributed by atoms with van der Waals surface area (Å²) in [5.41, 5.74) is 4.23. The van der Waals surface area contributed by atoms with Crippen molar-refractivity contribution in [2.75, 3.05) is 27.2 Å². The third-order valence-corrected chi connectivity index (χ3v) is 4.57. The molecular formula is C20H25N3O. The van der Waals surface area contributed by atoms with Crippen LogP contribution < -0.4 is 15.4 Å². The van der Waals surface area contributed by atoms with Gasteiger partial charge in [-0.25, -0.2) is 0 Å². The molecule has 0 radical (unpaired) electrons. The lowest BCUT2D eigenvalue weighted by Crippen LogP contribution is -2.41. The Morgan fingerprint density at radius 3 is 2.62 bits per heavy atom. The predicted molar refractivity (Wildman–Crippen MR) is 98.9 cm³/mol. The van der Waals surface area contributed by atoms with Crippen molar-refractivity contribution in [2.24, 2.45) is 4.99 Å². The highest BCUT2D eigenvalue weighted by Crippen LogP contribution is 2.33. The number of rotatable bonds is 6. The van der Waals surface area contributed by atoms with Crippen LogP contribution in [0, 0.1) is 0 Å². The minimum atomic E-state index is 0.598. The second-order valence-electron chi connectivity index (χ2n) is 6.08. The van der Waals surface area contributed by atoms with E-state index >= 15 is 0 Å². The molecular weight excluding hydrogens is 298 g/mol. The number of ether oxygens (including phenoxy) is 1. The van der Waals surface area contributed by atoms with E-state index in [0.717, 1.165) is 37.6 Å². The maximum atomic E-state index is 5.18. The van der Waals surface area contributed by atoms with Gasteiger partial charge in [-0.3, -0.25) is 4.99 Å². The van der Waals surface area contributed by atoms with E-state index in [4.69, 9.17) is 4.74 Å². The lowest BCUT2D eigenvalue weighted by atomic mass is 9.78. The molecule has 2 aromatic rings. The van der Waals surface area contributed by atoms with Gasteiger partial charge in [0.05, 0.1) is 7.11 Å². The van der Waals surface area contributed by atoms with E-state index in [1.807, 2.05) is 19.2 Å². The van der Waals surface area contributed by atoms with Gasteiger partial charge in [0.15, 0.2) is 5.96 Å². The first-order valence-corrected chi connectivity index (χ1v) is 8.45. The minimum Gasteiger partial charge on any atom is -0.497 e. The number of guanidine groups is 1. The molecule has 0 fully saturated rings. The number of hydrogen-bond acceptors (Lipinski definition) is 2. The molecule has 1 aliphatic rings. The summed E-state index contributed by atoms with van der Waals surface area (Å²) in [4.78, 5) is 4.31. The summed E-state index contributed by atoms with van der Waals surface area (Å²) >= 11 is 0. The first-order chi connectivity index (χ1) is 11.8. The van der Waals surface area contributed by atoms with Gasteiger partial charge in [-0.15, -0.1) is 0 Å². The molecule has 24 heavy (non-hydrogen) atoms. The van der Waals surface area contributed by atoms with Crippen molar-refractivity contribution in [3.05, 3.63) is 65.2 Å². The van der Waals surface area contributed by atoms with Crippen LogP contribution in [-0.4, -0.2) is 33.2 Å². The smallest absolute Gasteiger partial charge is 0.191 e. The molecule has 0 heterocycles. The second-order valence-corrected chi connectivity index (χ2v) is 6.08. The third-order valence-electron chi connectivity index (χ3n) is 4.57. The van der Waals surface area contributed by atoms with Crippen molar-refractivity contribution in [2.45, 2.75) is 18.8 Å². The second kappa shape index (κ2) is 7.86. The summed E-state index contributed by atoms with van der Waals surface area (Å²) in [7, 11) is 3.50. The maximum absolute atomic E-state index is 5.18. The van der Waals surface area contributed by atoms with Crippen LogP contribution in [-0.2, 0) is 12.8 Å². The van der Waals surface area contributed by atoms with Crippen molar-refractivity contribution < 1.29 is 4.74 Å². The van der Waals surface area contributed by atoms with Crippen molar-refractivity contribution >= 4 is 5.96 Å². The van der Waals surface area contributed by atoms with Crippen LogP contribution in [0.3, 0.4) is 0 Å². The van der Waals surface area contributed by atoms with Gasteiger partial charge in [-0.05, 0) is 41.7 Å². The van der Waals surface area contributed by atoms with E-state index < -0.39 is 0 Å². The van der Waals surface area contributed by atoms with Crippen LogP contribution in [0.5, 0.6) is 5.75 Å². The first kappa shape index (κ1) is 16.4. The van der Waals surface area contributed by atoms with Crippen LogP contribution >= 0.6 is 0 Å². The van der Waals surface area contributed by atoms with Crippen LogP contribution in [0.2, 0.25) is 0 Å². The first-order valence-electron chi connectivity index (χ1n) is 8.45. The SMILES string of the molecule is CN=C(NCCc1ccc(OC)cc1)NCC1Cc2ccccc21. The summed E-state index contributed by atoms with van der Waals surface area (Å²) in [5.74, 6) is 2.36.